The fourth-order valence-corrected chi connectivity index (χ4v) is 3.62. The molecule has 8 nitrogen and oxygen atoms in total. The average molecular weight is 412 g/mol. The van der Waals surface area contributed by atoms with Gasteiger partial charge in [0.25, 0.3) is 0 Å². The van der Waals surface area contributed by atoms with E-state index in [4.69, 9.17) is 16.3 Å². The molecule has 0 spiro atoms. The van der Waals surface area contributed by atoms with Crippen LogP contribution in [0.3, 0.4) is 0 Å². The van der Waals surface area contributed by atoms with Crippen molar-refractivity contribution >= 4 is 23.5 Å². The van der Waals surface area contributed by atoms with Crippen LogP contribution in [0.4, 0.5) is 0 Å². The van der Waals surface area contributed by atoms with Gasteiger partial charge >= 0.3 is 5.97 Å². The zero-order chi connectivity index (χ0) is 20.4. The van der Waals surface area contributed by atoms with Gasteiger partial charge in [0.2, 0.25) is 11.7 Å². The van der Waals surface area contributed by atoms with Crippen molar-refractivity contribution in [2.75, 3.05) is 7.11 Å². The Morgan fingerprint density at radius 3 is 2.62 bits per heavy atom. The fourth-order valence-electron chi connectivity index (χ4n) is 3.40. The Morgan fingerprint density at radius 2 is 1.86 bits per heavy atom. The second-order valence-corrected chi connectivity index (χ2v) is 7.06. The number of benzene rings is 2. The van der Waals surface area contributed by atoms with Crippen molar-refractivity contribution < 1.29 is 14.3 Å². The largest absolute Gasteiger partial charge is 0.467 e. The van der Waals surface area contributed by atoms with Crippen LogP contribution in [0.25, 0.3) is 11.4 Å². The number of halogens is 1. The molecule has 1 aliphatic rings. The van der Waals surface area contributed by atoms with Crippen molar-refractivity contribution in [3.05, 3.63) is 64.7 Å². The van der Waals surface area contributed by atoms with Crippen molar-refractivity contribution in [3.63, 3.8) is 0 Å². The van der Waals surface area contributed by atoms with E-state index < -0.39 is 12.0 Å². The normalized spacial score (nSPS) is 15.7. The second-order valence-electron chi connectivity index (χ2n) is 6.66. The second kappa shape index (κ2) is 8.00. The van der Waals surface area contributed by atoms with Gasteiger partial charge in [0, 0.05) is 18.5 Å². The summed E-state index contributed by atoms with van der Waals surface area (Å²) >= 11 is 6.17. The van der Waals surface area contributed by atoms with Crippen molar-refractivity contribution in [2.24, 2.45) is 0 Å². The molecule has 0 fully saturated rings. The van der Waals surface area contributed by atoms with Gasteiger partial charge in [0.15, 0.2) is 0 Å². The number of aromatic nitrogens is 4. The predicted octanol–water partition coefficient (Wildman–Crippen LogP) is 2.12. The smallest absolute Gasteiger partial charge is 0.328 e. The van der Waals surface area contributed by atoms with Crippen molar-refractivity contribution in [1.82, 2.24) is 25.1 Å². The van der Waals surface area contributed by atoms with E-state index in [1.165, 1.54) is 16.8 Å². The number of hydrogen-bond acceptors (Lipinski definition) is 6. The molecule has 1 aliphatic heterocycles. The van der Waals surface area contributed by atoms with Gasteiger partial charge in [0.05, 0.1) is 12.1 Å². The molecule has 9 heteroatoms. The van der Waals surface area contributed by atoms with Gasteiger partial charge in [-0.15, -0.1) is 10.2 Å². The summed E-state index contributed by atoms with van der Waals surface area (Å²) in [7, 11) is 1.32. The van der Waals surface area contributed by atoms with Crippen molar-refractivity contribution in [3.8, 4) is 11.4 Å². The lowest BCUT2D eigenvalue weighted by atomic mass is 9.94. The maximum atomic E-state index is 13.0. The monoisotopic (exact) mass is 411 g/mol. The molecule has 1 amide bonds. The molecular weight excluding hydrogens is 394 g/mol. The highest BCUT2D eigenvalue weighted by molar-refractivity contribution is 6.33. The third kappa shape index (κ3) is 3.84. The Bertz CT molecular complexity index is 1070. The first-order valence-corrected chi connectivity index (χ1v) is 9.41. The highest BCUT2D eigenvalue weighted by atomic mass is 35.5. The minimum absolute atomic E-state index is 0.146. The molecule has 29 heavy (non-hydrogen) atoms. The Hall–Kier alpha value is -3.26. The molecule has 1 aromatic heterocycles. The zero-order valence-corrected chi connectivity index (χ0v) is 16.4. The Balaban J connectivity index is 1.56. The molecule has 0 unspecified atom stereocenters. The summed E-state index contributed by atoms with van der Waals surface area (Å²) in [5.41, 5.74) is 2.67. The molecular formula is C20H18ClN5O3. The topological polar surface area (TPSA) is 90.2 Å². The molecule has 2 aromatic carbocycles. The van der Waals surface area contributed by atoms with E-state index in [1.54, 1.807) is 18.2 Å². The van der Waals surface area contributed by atoms with Crippen molar-refractivity contribution in [1.29, 1.82) is 0 Å². The summed E-state index contributed by atoms with van der Waals surface area (Å²) < 4.78 is 4.91. The number of hydrogen-bond donors (Lipinski definition) is 0. The number of esters is 1. The third-order valence-electron chi connectivity index (χ3n) is 4.89. The maximum absolute atomic E-state index is 13.0. The van der Waals surface area contributed by atoms with Crippen LogP contribution in [0.5, 0.6) is 0 Å². The van der Waals surface area contributed by atoms with Crippen LogP contribution < -0.4 is 0 Å². The number of rotatable bonds is 4. The van der Waals surface area contributed by atoms with Crippen LogP contribution in [0.1, 0.15) is 11.1 Å². The molecule has 3 aromatic rings. The quantitative estimate of drug-likeness (QED) is 0.611. The van der Waals surface area contributed by atoms with E-state index >= 15 is 0 Å². The number of tetrazole rings is 1. The molecule has 0 saturated carbocycles. The standard InChI is InChI=1S/C20H18ClN5O3/c1-29-20(28)17-10-13-6-2-3-7-14(13)11-25(17)18(27)12-26-23-19(22-24-26)15-8-4-5-9-16(15)21/h2-9,17H,10-12H2,1H3/t17-/m1/s1. The van der Waals surface area contributed by atoms with Gasteiger partial charge in [-0.2, -0.15) is 4.80 Å². The van der Waals surface area contributed by atoms with Gasteiger partial charge in [-0.1, -0.05) is 48.0 Å². The summed E-state index contributed by atoms with van der Waals surface area (Å²) in [5, 5.41) is 12.7. The molecule has 1 atom stereocenters. The van der Waals surface area contributed by atoms with Crippen LogP contribution in [0.15, 0.2) is 48.5 Å². The van der Waals surface area contributed by atoms with E-state index in [0.717, 1.165) is 11.1 Å². The number of fused-ring (bicyclic) bond motifs is 1. The summed E-state index contributed by atoms with van der Waals surface area (Å²) in [6.45, 7) is 0.175. The molecule has 2 heterocycles. The van der Waals surface area contributed by atoms with Gasteiger partial charge in [-0.3, -0.25) is 4.79 Å². The number of ether oxygens (including phenoxy) is 1. The van der Waals surface area contributed by atoms with E-state index in [2.05, 4.69) is 15.4 Å². The summed E-state index contributed by atoms with van der Waals surface area (Å²) in [5.74, 6) is -0.411. The Labute approximate surface area is 172 Å². The molecule has 4 rings (SSSR count). The van der Waals surface area contributed by atoms with E-state index in [0.29, 0.717) is 29.4 Å². The Kier molecular flexibility index (Phi) is 5.26. The molecule has 0 aliphatic carbocycles. The van der Waals surface area contributed by atoms with Crippen LogP contribution in [-0.4, -0.2) is 50.1 Å². The highest BCUT2D eigenvalue weighted by Crippen LogP contribution is 2.25. The first kappa shape index (κ1) is 19.1. The van der Waals surface area contributed by atoms with Crippen LogP contribution in [-0.2, 0) is 33.8 Å². The molecule has 0 bridgehead atoms. The van der Waals surface area contributed by atoms with Crippen molar-refractivity contribution in [2.45, 2.75) is 25.6 Å². The first-order valence-electron chi connectivity index (χ1n) is 9.03. The maximum Gasteiger partial charge on any atom is 0.328 e. The predicted molar refractivity (Wildman–Crippen MR) is 105 cm³/mol. The lowest BCUT2D eigenvalue weighted by Gasteiger charge is -2.35. The van der Waals surface area contributed by atoms with Gasteiger partial charge < -0.3 is 9.64 Å². The summed E-state index contributed by atoms with van der Waals surface area (Å²) in [6.07, 6.45) is 0.407. The van der Waals surface area contributed by atoms with Crippen LogP contribution in [0.2, 0.25) is 5.02 Å². The summed E-state index contributed by atoms with van der Waals surface area (Å²) in [4.78, 5) is 28.0. The lowest BCUT2D eigenvalue weighted by molar-refractivity contribution is -0.154. The first-order chi connectivity index (χ1) is 14.1. The van der Waals surface area contributed by atoms with E-state index in [9.17, 15) is 9.59 Å². The van der Waals surface area contributed by atoms with Crippen LogP contribution in [0, 0.1) is 0 Å². The number of nitrogens with zero attached hydrogens (tertiary/aromatic N) is 5. The number of amides is 1. The minimum Gasteiger partial charge on any atom is -0.467 e. The fraction of sp³-hybridized carbons (Fsp3) is 0.250. The molecule has 0 saturated heterocycles. The van der Waals surface area contributed by atoms with Gasteiger partial charge in [-0.05, 0) is 28.5 Å². The Morgan fingerprint density at radius 1 is 1.14 bits per heavy atom. The number of carbonyl (C=O) groups is 2. The van der Waals surface area contributed by atoms with E-state index in [1.807, 2.05) is 30.3 Å². The van der Waals surface area contributed by atoms with Crippen LogP contribution >= 0.6 is 11.6 Å². The van der Waals surface area contributed by atoms with Gasteiger partial charge in [-0.25, -0.2) is 4.79 Å². The average Bonchev–Trinajstić information content (AvgIpc) is 3.20. The molecule has 0 N–H and O–H groups in total. The summed E-state index contributed by atoms with van der Waals surface area (Å²) in [6, 6.07) is 14.2. The number of carbonyl (C=O) groups excluding carboxylic acids is 2. The third-order valence-corrected chi connectivity index (χ3v) is 5.22. The molecule has 148 valence electrons. The highest BCUT2D eigenvalue weighted by Gasteiger charge is 2.35. The number of methoxy groups -OCH3 is 1. The van der Waals surface area contributed by atoms with Gasteiger partial charge in [0.1, 0.15) is 12.6 Å². The minimum atomic E-state index is -0.686. The molecule has 0 radical (unpaired) electrons. The lowest BCUT2D eigenvalue weighted by Crippen LogP contribution is -2.50. The zero-order valence-electron chi connectivity index (χ0n) is 15.7. The SMILES string of the molecule is COC(=O)[C@H]1Cc2ccccc2CN1C(=O)Cn1nnc(-c2ccccc2Cl)n1. The van der Waals surface area contributed by atoms with E-state index in [-0.39, 0.29) is 12.5 Å².